The van der Waals surface area contributed by atoms with Gasteiger partial charge in [-0.1, -0.05) is 6.92 Å². The van der Waals surface area contributed by atoms with E-state index in [1.165, 1.54) is 0 Å². The van der Waals surface area contributed by atoms with Gasteiger partial charge in [0.15, 0.2) is 0 Å². The molecule has 5 nitrogen and oxygen atoms in total. The van der Waals surface area contributed by atoms with Crippen molar-refractivity contribution in [2.24, 2.45) is 4.99 Å². The maximum Gasteiger partial charge on any atom is 0.147 e. The summed E-state index contributed by atoms with van der Waals surface area (Å²) in [5.41, 5.74) is 1.53. The maximum absolute atomic E-state index is 9.67. The molecule has 0 unspecified atom stereocenters. The summed E-state index contributed by atoms with van der Waals surface area (Å²) in [5, 5.41) is 18.3. The largest absolute Gasteiger partial charge is 0.413 e. The van der Waals surface area contributed by atoms with Crippen molar-refractivity contribution in [2.75, 3.05) is 13.2 Å². The first kappa shape index (κ1) is 10.8. The Balaban J connectivity index is 3.15. The van der Waals surface area contributed by atoms with Crippen molar-refractivity contribution in [3.8, 4) is 0 Å². The number of aromatic nitrogens is 2. The molecule has 1 rings (SSSR count). The molecule has 5 heteroatoms. The van der Waals surface area contributed by atoms with Crippen molar-refractivity contribution < 1.29 is 10.3 Å². The molecule has 0 spiro atoms. The summed E-state index contributed by atoms with van der Waals surface area (Å²) in [6, 6.07) is 1.83. The van der Waals surface area contributed by atoms with Crippen LogP contribution in [0.25, 0.3) is 0 Å². The summed E-state index contributed by atoms with van der Waals surface area (Å²) in [6.07, 6.45) is 0.755. The van der Waals surface area contributed by atoms with Crippen LogP contribution in [0.5, 0.6) is 0 Å². The zero-order valence-electron chi connectivity index (χ0n) is 8.64. The number of hydrogen-bond acceptors (Lipinski definition) is 3. The molecule has 0 bridgehead atoms. The fraction of sp³-hybridized carbons (Fsp3) is 0.667. The highest BCUT2D eigenvalue weighted by Gasteiger charge is 2.04. The van der Waals surface area contributed by atoms with Crippen LogP contribution in [0.3, 0.4) is 0 Å². The van der Waals surface area contributed by atoms with Crippen molar-refractivity contribution in [1.82, 2.24) is 9.53 Å². The SMILES string of the molecule is CCc1cc(=NCCO)n(CC)n1O. The van der Waals surface area contributed by atoms with Gasteiger partial charge in [0.1, 0.15) is 5.49 Å². The predicted octanol–water partition coefficient (Wildman–Crippen LogP) is 0.00220. The van der Waals surface area contributed by atoms with E-state index in [2.05, 4.69) is 4.99 Å². The molecular weight excluding hydrogens is 182 g/mol. The van der Waals surface area contributed by atoms with Crippen LogP contribution >= 0.6 is 0 Å². The van der Waals surface area contributed by atoms with Crippen LogP contribution in [0, 0.1) is 0 Å². The number of aliphatic hydroxyl groups excluding tert-OH is 1. The summed E-state index contributed by atoms with van der Waals surface area (Å²) >= 11 is 0. The van der Waals surface area contributed by atoms with Gasteiger partial charge in [-0.25, -0.2) is 4.68 Å². The highest BCUT2D eigenvalue weighted by Crippen LogP contribution is 1.96. The van der Waals surface area contributed by atoms with Crippen molar-refractivity contribution >= 4 is 0 Å². The lowest BCUT2D eigenvalue weighted by atomic mass is 10.3. The quantitative estimate of drug-likeness (QED) is 0.671. The minimum absolute atomic E-state index is 0.0295. The lowest BCUT2D eigenvalue weighted by molar-refractivity contribution is 0.0994. The minimum atomic E-state index is 0.0295. The molecule has 0 saturated heterocycles. The normalized spacial score (nSPS) is 12.4. The zero-order chi connectivity index (χ0) is 10.6. The zero-order valence-corrected chi connectivity index (χ0v) is 8.64. The average Bonchev–Trinajstić information content (AvgIpc) is 2.51. The third-order valence-corrected chi connectivity index (χ3v) is 2.08. The second-order valence-corrected chi connectivity index (χ2v) is 2.96. The fourth-order valence-corrected chi connectivity index (χ4v) is 1.36. The van der Waals surface area contributed by atoms with Crippen LogP contribution < -0.4 is 5.49 Å². The van der Waals surface area contributed by atoms with Gasteiger partial charge in [0.25, 0.3) is 0 Å². The highest BCUT2D eigenvalue weighted by molar-refractivity contribution is 4.99. The van der Waals surface area contributed by atoms with Crippen molar-refractivity contribution in [1.29, 1.82) is 0 Å². The van der Waals surface area contributed by atoms with Crippen LogP contribution in [0.4, 0.5) is 0 Å². The van der Waals surface area contributed by atoms with Crippen LogP contribution in [-0.4, -0.2) is 33.0 Å². The Hall–Kier alpha value is -1.23. The van der Waals surface area contributed by atoms with E-state index in [9.17, 15) is 5.21 Å². The summed E-state index contributed by atoms with van der Waals surface area (Å²) in [5.74, 6) is 0. The predicted molar refractivity (Wildman–Crippen MR) is 52.2 cm³/mol. The molecular formula is C9H17N3O2. The highest BCUT2D eigenvalue weighted by atomic mass is 16.5. The van der Waals surface area contributed by atoms with Gasteiger partial charge >= 0.3 is 0 Å². The van der Waals surface area contributed by atoms with Crippen LogP contribution in [0.1, 0.15) is 19.5 Å². The smallest absolute Gasteiger partial charge is 0.147 e. The minimum Gasteiger partial charge on any atom is -0.413 e. The van der Waals surface area contributed by atoms with Gasteiger partial charge in [-0.05, 0) is 13.3 Å². The third kappa shape index (κ3) is 1.98. The number of nitrogens with zero attached hydrogens (tertiary/aromatic N) is 3. The van der Waals surface area contributed by atoms with Gasteiger partial charge in [-0.3, -0.25) is 4.99 Å². The number of hydrogen-bond donors (Lipinski definition) is 2. The molecule has 14 heavy (non-hydrogen) atoms. The average molecular weight is 199 g/mol. The molecule has 0 radical (unpaired) electrons. The van der Waals surface area contributed by atoms with Gasteiger partial charge in [0, 0.05) is 12.6 Å². The first-order valence-electron chi connectivity index (χ1n) is 4.86. The molecule has 0 amide bonds. The lowest BCUT2D eigenvalue weighted by Crippen LogP contribution is -2.22. The van der Waals surface area contributed by atoms with Crippen LogP contribution in [0.2, 0.25) is 0 Å². The molecule has 1 aromatic heterocycles. The molecule has 0 aromatic carbocycles. The molecule has 0 aliphatic heterocycles. The molecule has 0 aliphatic carbocycles. The number of aliphatic hydroxyl groups is 1. The van der Waals surface area contributed by atoms with Crippen LogP contribution in [0.15, 0.2) is 11.1 Å². The van der Waals surface area contributed by atoms with Crippen molar-refractivity contribution in [3.05, 3.63) is 17.2 Å². The topological polar surface area (TPSA) is 62.7 Å². The van der Waals surface area contributed by atoms with Crippen molar-refractivity contribution in [3.63, 3.8) is 0 Å². The van der Waals surface area contributed by atoms with E-state index in [1.807, 2.05) is 19.9 Å². The molecule has 2 N–H and O–H groups in total. The van der Waals surface area contributed by atoms with E-state index in [-0.39, 0.29) is 6.61 Å². The second-order valence-electron chi connectivity index (χ2n) is 2.96. The van der Waals surface area contributed by atoms with E-state index in [0.717, 1.165) is 17.0 Å². The molecule has 1 aromatic rings. The molecule has 0 atom stereocenters. The van der Waals surface area contributed by atoms with E-state index >= 15 is 0 Å². The first-order chi connectivity index (χ1) is 6.74. The summed E-state index contributed by atoms with van der Waals surface area (Å²) in [6.45, 7) is 4.96. The summed E-state index contributed by atoms with van der Waals surface area (Å²) < 4.78 is 1.66. The Morgan fingerprint density at radius 3 is 2.64 bits per heavy atom. The summed E-state index contributed by atoms with van der Waals surface area (Å²) in [4.78, 5) is 5.28. The monoisotopic (exact) mass is 199 g/mol. The molecule has 0 aliphatic rings. The Kier molecular flexibility index (Phi) is 3.76. The van der Waals surface area contributed by atoms with E-state index in [1.54, 1.807) is 4.68 Å². The standard InChI is InChI=1S/C9H17N3O2/c1-3-8-7-9(10-5-6-13)11(4-2)12(8)14/h7,13-14H,3-6H2,1-2H3. The Morgan fingerprint density at radius 2 is 2.14 bits per heavy atom. The van der Waals surface area contributed by atoms with Gasteiger partial charge in [-0.15, -0.1) is 4.85 Å². The maximum atomic E-state index is 9.67. The first-order valence-corrected chi connectivity index (χ1v) is 4.86. The van der Waals surface area contributed by atoms with E-state index in [4.69, 9.17) is 5.11 Å². The fourth-order valence-electron chi connectivity index (χ4n) is 1.36. The van der Waals surface area contributed by atoms with Crippen LogP contribution in [-0.2, 0) is 13.0 Å². The Bertz CT molecular complexity index is 351. The van der Waals surface area contributed by atoms with Gasteiger partial charge in [0.05, 0.1) is 18.8 Å². The Labute approximate surface area is 82.9 Å². The molecule has 0 saturated carbocycles. The van der Waals surface area contributed by atoms with Gasteiger partial charge < -0.3 is 10.3 Å². The molecule has 0 fully saturated rings. The Morgan fingerprint density at radius 1 is 1.43 bits per heavy atom. The van der Waals surface area contributed by atoms with Crippen molar-refractivity contribution in [2.45, 2.75) is 26.8 Å². The molecule has 80 valence electrons. The second kappa shape index (κ2) is 4.85. The number of rotatable bonds is 4. The lowest BCUT2D eigenvalue weighted by Gasteiger charge is -2.04. The van der Waals surface area contributed by atoms with E-state index < -0.39 is 0 Å². The van der Waals surface area contributed by atoms with Gasteiger partial charge in [0.2, 0.25) is 0 Å². The van der Waals surface area contributed by atoms with E-state index in [0.29, 0.717) is 18.6 Å². The molecule has 1 heterocycles. The summed E-state index contributed by atoms with van der Waals surface area (Å²) in [7, 11) is 0. The third-order valence-electron chi connectivity index (χ3n) is 2.08. The number of aryl methyl sites for hydroxylation is 1. The van der Waals surface area contributed by atoms with Gasteiger partial charge in [-0.2, -0.15) is 0 Å².